The summed E-state index contributed by atoms with van der Waals surface area (Å²) in [5.74, 6) is 0.979. The maximum absolute atomic E-state index is 12.4. The van der Waals surface area contributed by atoms with E-state index in [4.69, 9.17) is 9.47 Å². The van der Waals surface area contributed by atoms with Crippen LogP contribution in [-0.4, -0.2) is 35.9 Å². The number of alkyl halides is 3. The lowest BCUT2D eigenvalue weighted by Gasteiger charge is -2.28. The van der Waals surface area contributed by atoms with Crippen LogP contribution in [-0.2, 0) is 9.47 Å². The van der Waals surface area contributed by atoms with Crippen LogP contribution < -0.4 is 0 Å². The van der Waals surface area contributed by atoms with Crippen molar-refractivity contribution in [2.75, 3.05) is 6.61 Å². The third kappa shape index (κ3) is 3.54. The van der Waals surface area contributed by atoms with Gasteiger partial charge >= 0.3 is 6.18 Å². The van der Waals surface area contributed by atoms with Crippen molar-refractivity contribution in [1.29, 1.82) is 0 Å². The Labute approximate surface area is 116 Å². The molecule has 1 N–H and O–H groups in total. The lowest BCUT2D eigenvalue weighted by molar-refractivity contribution is -0.262. The maximum atomic E-state index is 12.4. The van der Waals surface area contributed by atoms with E-state index >= 15 is 0 Å². The molecular weight excluding hydrogens is 273 g/mol. The van der Waals surface area contributed by atoms with E-state index in [0.29, 0.717) is 11.8 Å². The van der Waals surface area contributed by atoms with Crippen LogP contribution >= 0.6 is 0 Å². The fourth-order valence-electron chi connectivity index (χ4n) is 2.74. The third-order valence-electron chi connectivity index (χ3n) is 4.14. The third-order valence-corrected chi connectivity index (χ3v) is 4.14. The first kappa shape index (κ1) is 15.8. The van der Waals surface area contributed by atoms with Gasteiger partial charge in [0.05, 0.1) is 12.7 Å². The molecule has 2 rings (SSSR count). The largest absolute Gasteiger partial charge is 0.416 e. The summed E-state index contributed by atoms with van der Waals surface area (Å²) >= 11 is 0. The molecule has 0 radical (unpaired) electrons. The van der Waals surface area contributed by atoms with E-state index < -0.39 is 24.5 Å². The average Bonchev–Trinajstić information content (AvgIpc) is 2.88. The van der Waals surface area contributed by atoms with Gasteiger partial charge in [0.15, 0.2) is 11.9 Å². The minimum absolute atomic E-state index is 0.100. The van der Waals surface area contributed by atoms with Gasteiger partial charge in [0.1, 0.15) is 0 Å². The van der Waals surface area contributed by atoms with Crippen LogP contribution in [0.5, 0.6) is 0 Å². The van der Waals surface area contributed by atoms with Crippen LogP contribution in [0, 0.1) is 11.8 Å². The van der Waals surface area contributed by atoms with E-state index in [1.807, 2.05) is 0 Å². The van der Waals surface area contributed by atoms with Crippen molar-refractivity contribution in [1.82, 2.24) is 0 Å². The van der Waals surface area contributed by atoms with Gasteiger partial charge in [-0.2, -0.15) is 13.2 Å². The number of hydrogen-bond donors (Lipinski definition) is 1. The van der Waals surface area contributed by atoms with Gasteiger partial charge in [-0.3, -0.25) is 0 Å². The smallest absolute Gasteiger partial charge is 0.381 e. The number of ether oxygens (including phenoxy) is 2. The fraction of sp³-hybridized carbons (Fsp3) is 0.857. The van der Waals surface area contributed by atoms with E-state index in [9.17, 15) is 18.3 Å². The Morgan fingerprint density at radius 1 is 1.30 bits per heavy atom. The van der Waals surface area contributed by atoms with E-state index in [2.05, 4.69) is 12.2 Å². The van der Waals surface area contributed by atoms with Crippen LogP contribution in [0.2, 0.25) is 0 Å². The monoisotopic (exact) mass is 294 g/mol. The minimum atomic E-state index is -4.64. The first-order valence-electron chi connectivity index (χ1n) is 6.93. The van der Waals surface area contributed by atoms with E-state index in [1.54, 1.807) is 6.92 Å². The molecule has 0 aromatic rings. The summed E-state index contributed by atoms with van der Waals surface area (Å²) in [6.07, 6.45) is 0.780. The van der Waals surface area contributed by atoms with Crippen molar-refractivity contribution in [2.45, 2.75) is 57.3 Å². The summed E-state index contributed by atoms with van der Waals surface area (Å²) in [7, 11) is 0. The number of aliphatic hydroxyl groups is 1. The van der Waals surface area contributed by atoms with Gasteiger partial charge in [-0.1, -0.05) is 12.2 Å². The average molecular weight is 294 g/mol. The second kappa shape index (κ2) is 5.66. The normalized spacial score (nSPS) is 33.4. The zero-order valence-corrected chi connectivity index (χ0v) is 11.7. The van der Waals surface area contributed by atoms with E-state index in [0.717, 1.165) is 19.8 Å². The van der Waals surface area contributed by atoms with Crippen molar-refractivity contribution < 1.29 is 27.8 Å². The molecular formula is C14H21F3O3. The molecule has 0 amide bonds. The van der Waals surface area contributed by atoms with Crippen molar-refractivity contribution in [3.05, 3.63) is 12.2 Å². The van der Waals surface area contributed by atoms with Gasteiger partial charge < -0.3 is 14.6 Å². The van der Waals surface area contributed by atoms with Crippen molar-refractivity contribution in [2.24, 2.45) is 11.8 Å². The highest BCUT2D eigenvalue weighted by Crippen LogP contribution is 2.41. The topological polar surface area (TPSA) is 38.7 Å². The highest BCUT2D eigenvalue weighted by Gasteiger charge is 2.49. The fourth-order valence-corrected chi connectivity index (χ4v) is 2.74. The molecule has 0 aromatic heterocycles. The predicted octanol–water partition coefficient (Wildman–Crippen LogP) is 3.03. The molecule has 2 aliphatic rings. The number of fused-ring (bicyclic) bond motifs is 2. The standard InChI is InChI=1S/C14H21F3O3/c1-9(19-6-5-13(2,18)14(15,16)17)20-12-8-10-3-4-11(12)7-10/h3-4,9-12,18H,5-8H2,1-2H3. The predicted molar refractivity (Wildman–Crippen MR) is 66.9 cm³/mol. The molecule has 0 spiro atoms. The van der Waals surface area contributed by atoms with Crippen LogP contribution in [0.25, 0.3) is 0 Å². The van der Waals surface area contributed by atoms with Gasteiger partial charge in [0, 0.05) is 12.3 Å². The summed E-state index contributed by atoms with van der Waals surface area (Å²) in [6.45, 7) is 2.24. The highest BCUT2D eigenvalue weighted by atomic mass is 19.4. The Kier molecular flexibility index (Phi) is 4.47. The van der Waals surface area contributed by atoms with Crippen LogP contribution in [0.4, 0.5) is 13.2 Å². The second-order valence-corrected chi connectivity index (χ2v) is 5.91. The molecule has 20 heavy (non-hydrogen) atoms. The Morgan fingerprint density at radius 2 is 2.00 bits per heavy atom. The number of allylic oxidation sites excluding steroid dienone is 1. The molecule has 0 heterocycles. The molecule has 6 heteroatoms. The molecule has 5 unspecified atom stereocenters. The van der Waals surface area contributed by atoms with Crippen LogP contribution in [0.1, 0.15) is 33.1 Å². The molecule has 0 aliphatic heterocycles. The quantitative estimate of drug-likeness (QED) is 0.604. The van der Waals surface area contributed by atoms with Gasteiger partial charge in [-0.05, 0) is 32.6 Å². The molecule has 2 aliphatic carbocycles. The van der Waals surface area contributed by atoms with E-state index in [-0.39, 0.29) is 12.7 Å². The van der Waals surface area contributed by atoms with Crippen molar-refractivity contribution in [3.8, 4) is 0 Å². The molecule has 0 aromatic carbocycles. The summed E-state index contributed by atoms with van der Waals surface area (Å²) in [6, 6.07) is 0. The van der Waals surface area contributed by atoms with Gasteiger partial charge in [-0.15, -0.1) is 0 Å². The van der Waals surface area contributed by atoms with Gasteiger partial charge in [-0.25, -0.2) is 0 Å². The minimum Gasteiger partial charge on any atom is -0.381 e. The first-order chi connectivity index (χ1) is 9.19. The molecule has 116 valence electrons. The molecule has 2 bridgehead atoms. The zero-order chi connectivity index (χ0) is 15.0. The summed E-state index contributed by atoms with van der Waals surface area (Å²) in [4.78, 5) is 0. The first-order valence-corrected chi connectivity index (χ1v) is 6.93. The Morgan fingerprint density at radius 3 is 2.50 bits per heavy atom. The number of hydrogen-bond acceptors (Lipinski definition) is 3. The summed E-state index contributed by atoms with van der Waals surface area (Å²) < 4.78 is 48.3. The Bertz CT molecular complexity index is 365. The lowest BCUT2D eigenvalue weighted by atomic mass is 10.0. The maximum Gasteiger partial charge on any atom is 0.416 e. The summed E-state index contributed by atoms with van der Waals surface area (Å²) in [5, 5.41) is 9.28. The number of rotatable bonds is 6. The molecule has 0 saturated heterocycles. The van der Waals surface area contributed by atoms with Gasteiger partial charge in [0.2, 0.25) is 0 Å². The molecule has 1 saturated carbocycles. The van der Waals surface area contributed by atoms with Gasteiger partial charge in [0.25, 0.3) is 0 Å². The lowest BCUT2D eigenvalue weighted by Crippen LogP contribution is -2.43. The van der Waals surface area contributed by atoms with Crippen molar-refractivity contribution in [3.63, 3.8) is 0 Å². The zero-order valence-electron chi connectivity index (χ0n) is 11.7. The highest BCUT2D eigenvalue weighted by molar-refractivity contribution is 5.11. The Hall–Kier alpha value is -0.590. The molecule has 3 nitrogen and oxygen atoms in total. The second-order valence-electron chi connectivity index (χ2n) is 5.91. The molecule has 1 fully saturated rings. The molecule has 5 atom stereocenters. The summed E-state index contributed by atoms with van der Waals surface area (Å²) in [5.41, 5.74) is -2.72. The van der Waals surface area contributed by atoms with Crippen molar-refractivity contribution >= 4 is 0 Å². The van der Waals surface area contributed by atoms with Crippen LogP contribution in [0.3, 0.4) is 0 Å². The van der Waals surface area contributed by atoms with Crippen LogP contribution in [0.15, 0.2) is 12.2 Å². The SMILES string of the molecule is CC(OCCC(C)(O)C(F)(F)F)OC1CC2C=CC1C2. The number of halogens is 3. The van der Waals surface area contributed by atoms with E-state index in [1.165, 1.54) is 0 Å². The Balaban J connectivity index is 1.68.